The van der Waals surface area contributed by atoms with E-state index in [1.807, 2.05) is 18.2 Å². The fourth-order valence-electron chi connectivity index (χ4n) is 5.05. The van der Waals surface area contributed by atoms with E-state index in [1.54, 1.807) is 6.07 Å². The van der Waals surface area contributed by atoms with Gasteiger partial charge in [0, 0.05) is 26.2 Å². The van der Waals surface area contributed by atoms with Crippen molar-refractivity contribution >= 4 is 5.69 Å². The molecule has 2 heterocycles. The van der Waals surface area contributed by atoms with Crippen molar-refractivity contribution in [3.63, 3.8) is 0 Å². The van der Waals surface area contributed by atoms with Crippen molar-refractivity contribution in [2.75, 3.05) is 31.1 Å². The number of tetrazole rings is 1. The molecule has 1 unspecified atom stereocenters. The van der Waals surface area contributed by atoms with Crippen LogP contribution in [0, 0.1) is 5.82 Å². The van der Waals surface area contributed by atoms with Crippen LogP contribution in [0.5, 0.6) is 0 Å². The molecule has 1 saturated carbocycles. The molecular weight excluding hydrogens is 391 g/mol. The van der Waals surface area contributed by atoms with Crippen LogP contribution in [0.25, 0.3) is 0 Å². The maximum Gasteiger partial charge on any atom is 0.173 e. The smallest absolute Gasteiger partial charge is 0.173 e. The standard InChI is InChI=1S/C24H29FN6/c25-21-13-7-8-14-22(21)29-15-17-30(18-16-29)23(19-9-3-1-4-10-19)24-26-27-28-31(24)20-11-5-2-6-12-20/h1,3-4,7-10,13-14,20,23H,2,5-6,11-12,15-18H2. The largest absolute Gasteiger partial charge is 0.367 e. The quantitative estimate of drug-likeness (QED) is 0.618. The first kappa shape index (κ1) is 20.1. The highest BCUT2D eigenvalue weighted by molar-refractivity contribution is 5.48. The highest BCUT2D eigenvalue weighted by Crippen LogP contribution is 2.34. The van der Waals surface area contributed by atoms with Crippen LogP contribution in [-0.2, 0) is 0 Å². The molecule has 1 aromatic heterocycles. The molecular formula is C24H29FN6. The maximum absolute atomic E-state index is 14.3. The van der Waals surface area contributed by atoms with Gasteiger partial charge in [0.25, 0.3) is 0 Å². The minimum absolute atomic E-state index is 0.000830. The zero-order valence-corrected chi connectivity index (χ0v) is 17.8. The van der Waals surface area contributed by atoms with Crippen molar-refractivity contribution in [3.05, 3.63) is 71.8 Å². The topological polar surface area (TPSA) is 50.1 Å². The second kappa shape index (κ2) is 9.14. The van der Waals surface area contributed by atoms with Crippen LogP contribution in [0.3, 0.4) is 0 Å². The van der Waals surface area contributed by atoms with E-state index in [2.05, 4.69) is 54.3 Å². The number of piperazine rings is 1. The highest BCUT2D eigenvalue weighted by atomic mass is 19.1. The Morgan fingerprint density at radius 3 is 2.29 bits per heavy atom. The number of hydrogen-bond acceptors (Lipinski definition) is 5. The van der Waals surface area contributed by atoms with Gasteiger partial charge in [-0.25, -0.2) is 9.07 Å². The summed E-state index contributed by atoms with van der Waals surface area (Å²) in [4.78, 5) is 4.58. The number of para-hydroxylation sites is 1. The number of halogens is 1. The number of rotatable bonds is 5. The van der Waals surface area contributed by atoms with Crippen molar-refractivity contribution < 1.29 is 4.39 Å². The van der Waals surface area contributed by atoms with Crippen LogP contribution in [0.15, 0.2) is 54.6 Å². The molecule has 2 fully saturated rings. The van der Waals surface area contributed by atoms with Gasteiger partial charge in [-0.3, -0.25) is 4.90 Å². The van der Waals surface area contributed by atoms with Gasteiger partial charge >= 0.3 is 0 Å². The summed E-state index contributed by atoms with van der Waals surface area (Å²) in [5, 5.41) is 13.0. The SMILES string of the molecule is Fc1ccccc1N1CCN(C(c2ccccc2)c2nnnn2C2CCCCC2)CC1. The molecule has 1 aliphatic heterocycles. The third-order valence-corrected chi connectivity index (χ3v) is 6.67. The van der Waals surface area contributed by atoms with Crippen molar-refractivity contribution in [1.29, 1.82) is 0 Å². The van der Waals surface area contributed by atoms with Crippen LogP contribution in [-0.4, -0.2) is 51.3 Å². The molecule has 1 atom stereocenters. The van der Waals surface area contributed by atoms with E-state index in [1.165, 1.54) is 30.9 Å². The Kier molecular flexibility index (Phi) is 5.93. The number of hydrogen-bond donors (Lipinski definition) is 0. The highest BCUT2D eigenvalue weighted by Gasteiger charge is 2.33. The van der Waals surface area contributed by atoms with Crippen LogP contribution < -0.4 is 4.90 Å². The van der Waals surface area contributed by atoms with E-state index in [4.69, 9.17) is 0 Å². The van der Waals surface area contributed by atoms with Gasteiger partial charge in [-0.2, -0.15) is 0 Å². The van der Waals surface area contributed by atoms with Gasteiger partial charge < -0.3 is 4.90 Å². The third kappa shape index (κ3) is 4.19. The van der Waals surface area contributed by atoms with E-state index in [9.17, 15) is 4.39 Å². The number of anilines is 1. The second-order valence-corrected chi connectivity index (χ2v) is 8.56. The summed E-state index contributed by atoms with van der Waals surface area (Å²) in [6.45, 7) is 3.20. The van der Waals surface area contributed by atoms with Crippen molar-refractivity contribution in [2.45, 2.75) is 44.2 Å². The number of aromatic nitrogens is 4. The van der Waals surface area contributed by atoms with Gasteiger partial charge in [0.1, 0.15) is 5.82 Å². The zero-order chi connectivity index (χ0) is 21.0. The predicted octanol–water partition coefficient (Wildman–Crippen LogP) is 4.23. The number of benzene rings is 2. The molecule has 1 aliphatic carbocycles. The van der Waals surface area contributed by atoms with Gasteiger partial charge in [0.2, 0.25) is 0 Å². The van der Waals surface area contributed by atoms with E-state index < -0.39 is 0 Å². The lowest BCUT2D eigenvalue weighted by atomic mass is 9.95. The Balaban J connectivity index is 1.41. The first-order chi connectivity index (χ1) is 15.3. The molecule has 162 valence electrons. The molecule has 31 heavy (non-hydrogen) atoms. The van der Waals surface area contributed by atoms with Crippen LogP contribution in [0.2, 0.25) is 0 Å². The van der Waals surface area contributed by atoms with E-state index in [0.717, 1.165) is 44.8 Å². The molecule has 3 aromatic rings. The van der Waals surface area contributed by atoms with Crippen molar-refractivity contribution in [2.24, 2.45) is 0 Å². The molecule has 0 radical (unpaired) electrons. The summed E-state index contributed by atoms with van der Waals surface area (Å²) in [5.41, 5.74) is 1.89. The Labute approximate surface area is 182 Å². The van der Waals surface area contributed by atoms with Crippen LogP contribution in [0.4, 0.5) is 10.1 Å². The van der Waals surface area contributed by atoms with E-state index in [0.29, 0.717) is 11.7 Å². The summed E-state index contributed by atoms with van der Waals surface area (Å²) >= 11 is 0. The first-order valence-corrected chi connectivity index (χ1v) is 11.4. The van der Waals surface area contributed by atoms with Gasteiger partial charge in [0.15, 0.2) is 5.82 Å². The van der Waals surface area contributed by atoms with Crippen molar-refractivity contribution in [1.82, 2.24) is 25.1 Å². The molecule has 0 spiro atoms. The predicted molar refractivity (Wildman–Crippen MR) is 118 cm³/mol. The molecule has 0 bridgehead atoms. The fourth-order valence-corrected chi connectivity index (χ4v) is 5.05. The van der Waals surface area contributed by atoms with E-state index in [-0.39, 0.29) is 11.9 Å². The molecule has 5 rings (SSSR count). The Bertz CT molecular complexity index is 976. The monoisotopic (exact) mass is 420 g/mol. The minimum atomic E-state index is -0.156. The maximum atomic E-state index is 14.3. The minimum Gasteiger partial charge on any atom is -0.367 e. The summed E-state index contributed by atoms with van der Waals surface area (Å²) in [6.07, 6.45) is 6.05. The lowest BCUT2D eigenvalue weighted by molar-refractivity contribution is 0.193. The van der Waals surface area contributed by atoms with Crippen LogP contribution in [0.1, 0.15) is 55.6 Å². The Morgan fingerprint density at radius 2 is 1.55 bits per heavy atom. The molecule has 0 amide bonds. The molecule has 0 N–H and O–H groups in total. The molecule has 2 aliphatic rings. The molecule has 6 nitrogen and oxygen atoms in total. The molecule has 7 heteroatoms. The van der Waals surface area contributed by atoms with Gasteiger partial charge in [-0.15, -0.1) is 5.10 Å². The van der Waals surface area contributed by atoms with Crippen LogP contribution >= 0.6 is 0 Å². The summed E-state index contributed by atoms with van der Waals surface area (Å²) in [7, 11) is 0. The lowest BCUT2D eigenvalue weighted by Crippen LogP contribution is -2.48. The normalized spacial score (nSPS) is 19.5. The third-order valence-electron chi connectivity index (χ3n) is 6.67. The van der Waals surface area contributed by atoms with Crippen molar-refractivity contribution in [3.8, 4) is 0 Å². The fraction of sp³-hybridized carbons (Fsp3) is 0.458. The average Bonchev–Trinajstić information content (AvgIpc) is 3.31. The van der Waals surface area contributed by atoms with Gasteiger partial charge in [0.05, 0.1) is 17.8 Å². The van der Waals surface area contributed by atoms with Gasteiger partial charge in [-0.05, 0) is 41.0 Å². The Hall–Kier alpha value is -2.80. The van der Waals surface area contributed by atoms with E-state index >= 15 is 0 Å². The lowest BCUT2D eigenvalue weighted by Gasteiger charge is -2.40. The first-order valence-electron chi connectivity index (χ1n) is 11.4. The second-order valence-electron chi connectivity index (χ2n) is 8.56. The zero-order valence-electron chi connectivity index (χ0n) is 17.8. The molecule has 1 saturated heterocycles. The Morgan fingerprint density at radius 1 is 0.839 bits per heavy atom. The number of nitrogens with zero attached hydrogens (tertiary/aromatic N) is 6. The average molecular weight is 421 g/mol. The summed E-state index contributed by atoms with van der Waals surface area (Å²) in [5.74, 6) is 0.772. The molecule has 2 aromatic carbocycles. The summed E-state index contributed by atoms with van der Waals surface area (Å²) < 4.78 is 16.4. The van der Waals surface area contributed by atoms with Gasteiger partial charge in [-0.1, -0.05) is 61.7 Å². The summed E-state index contributed by atoms with van der Waals surface area (Å²) in [6, 6.07) is 17.9.